The highest BCUT2D eigenvalue weighted by Crippen LogP contribution is 2.30. The van der Waals surface area contributed by atoms with E-state index in [-0.39, 0.29) is 0 Å². The van der Waals surface area contributed by atoms with E-state index >= 15 is 0 Å². The Hall–Kier alpha value is -0.340. The van der Waals surface area contributed by atoms with Crippen molar-refractivity contribution >= 4 is 10.0 Å². The van der Waals surface area contributed by atoms with Crippen LogP contribution in [0.2, 0.25) is 0 Å². The van der Waals surface area contributed by atoms with Crippen molar-refractivity contribution in [1.29, 1.82) is 0 Å². The molecule has 0 radical (unpaired) electrons. The molecule has 96 valence electrons. The molecule has 1 heterocycles. The van der Waals surface area contributed by atoms with E-state index < -0.39 is 28.2 Å². The van der Waals surface area contributed by atoms with Crippen molar-refractivity contribution in [2.24, 2.45) is 5.92 Å². The lowest BCUT2D eigenvalue weighted by molar-refractivity contribution is -0.164. The smallest absolute Gasteiger partial charge is 0.317 e. The largest absolute Gasteiger partial charge is 0.405 e. The molecule has 0 saturated carbocycles. The van der Waals surface area contributed by atoms with Crippen molar-refractivity contribution in [3.63, 3.8) is 0 Å². The first-order chi connectivity index (χ1) is 7.20. The zero-order chi connectivity index (χ0) is 12.4. The Labute approximate surface area is 92.6 Å². The highest BCUT2D eigenvalue weighted by molar-refractivity contribution is 7.88. The van der Waals surface area contributed by atoms with E-state index in [2.05, 4.69) is 5.32 Å². The third-order valence-corrected chi connectivity index (χ3v) is 3.23. The molecule has 1 saturated heterocycles. The van der Waals surface area contributed by atoms with Crippen molar-refractivity contribution in [2.75, 3.05) is 19.3 Å². The van der Waals surface area contributed by atoms with Gasteiger partial charge in [-0.15, -0.1) is 0 Å². The third kappa shape index (κ3) is 4.26. The summed E-state index contributed by atoms with van der Waals surface area (Å²) in [5.41, 5.74) is 0. The summed E-state index contributed by atoms with van der Waals surface area (Å²) in [6.07, 6.45) is -3.14. The minimum atomic E-state index is -4.54. The minimum Gasteiger partial charge on any atom is -0.317 e. The van der Waals surface area contributed by atoms with E-state index in [0.29, 0.717) is 25.9 Å². The first-order valence-electron chi connectivity index (χ1n) is 4.95. The highest BCUT2D eigenvalue weighted by atomic mass is 32.2. The van der Waals surface area contributed by atoms with E-state index in [1.54, 1.807) is 4.72 Å². The lowest BCUT2D eigenvalue weighted by atomic mass is 9.90. The lowest BCUT2D eigenvalue weighted by Gasteiger charge is -2.32. The van der Waals surface area contributed by atoms with Crippen LogP contribution in [0.5, 0.6) is 0 Å². The third-order valence-electron chi connectivity index (χ3n) is 2.55. The van der Waals surface area contributed by atoms with E-state index in [9.17, 15) is 21.6 Å². The lowest BCUT2D eigenvalue weighted by Crippen LogP contribution is -2.52. The van der Waals surface area contributed by atoms with Gasteiger partial charge in [0.25, 0.3) is 0 Å². The van der Waals surface area contributed by atoms with Gasteiger partial charge in [-0.1, -0.05) is 0 Å². The number of halogens is 3. The van der Waals surface area contributed by atoms with Crippen molar-refractivity contribution in [3.05, 3.63) is 0 Å². The summed E-state index contributed by atoms with van der Waals surface area (Å²) in [6.45, 7) is 0.978. The molecule has 0 aromatic rings. The molecule has 0 aromatic heterocycles. The van der Waals surface area contributed by atoms with Crippen LogP contribution in [0.25, 0.3) is 0 Å². The van der Waals surface area contributed by atoms with Crippen molar-refractivity contribution in [3.8, 4) is 0 Å². The van der Waals surface area contributed by atoms with Crippen LogP contribution in [0.3, 0.4) is 0 Å². The maximum Gasteiger partial charge on any atom is 0.405 e. The van der Waals surface area contributed by atoms with Crippen LogP contribution in [-0.2, 0) is 10.0 Å². The van der Waals surface area contributed by atoms with E-state index in [0.717, 1.165) is 6.26 Å². The first-order valence-corrected chi connectivity index (χ1v) is 6.84. The second kappa shape index (κ2) is 4.89. The molecular weight excluding hydrogens is 245 g/mol. The second-order valence-corrected chi connectivity index (χ2v) is 5.78. The van der Waals surface area contributed by atoms with Gasteiger partial charge in [-0.3, -0.25) is 0 Å². The fourth-order valence-corrected chi connectivity index (χ4v) is 2.63. The van der Waals surface area contributed by atoms with Gasteiger partial charge in [0.2, 0.25) is 10.0 Å². The summed E-state index contributed by atoms with van der Waals surface area (Å²) in [7, 11) is -3.85. The van der Waals surface area contributed by atoms with Crippen LogP contribution >= 0.6 is 0 Å². The van der Waals surface area contributed by atoms with Gasteiger partial charge in [0.05, 0.1) is 6.26 Å². The summed E-state index contributed by atoms with van der Waals surface area (Å²) in [6, 6.07) is -1.97. The molecule has 1 rings (SSSR count). The molecule has 0 bridgehead atoms. The van der Waals surface area contributed by atoms with E-state index in [1.165, 1.54) is 0 Å². The first kappa shape index (κ1) is 13.7. The fraction of sp³-hybridized carbons (Fsp3) is 1.00. The van der Waals surface area contributed by atoms with Gasteiger partial charge in [-0.05, 0) is 31.8 Å². The molecule has 2 N–H and O–H groups in total. The van der Waals surface area contributed by atoms with Crippen LogP contribution in [0.4, 0.5) is 13.2 Å². The summed E-state index contributed by atoms with van der Waals surface area (Å²) in [5, 5.41) is 2.94. The second-order valence-electron chi connectivity index (χ2n) is 4.00. The average Bonchev–Trinajstić information content (AvgIpc) is 2.13. The number of sulfonamides is 1. The maximum absolute atomic E-state index is 12.7. The average molecular weight is 260 g/mol. The molecule has 0 spiro atoms. The molecule has 1 atom stereocenters. The molecule has 1 fully saturated rings. The van der Waals surface area contributed by atoms with Crippen molar-refractivity contribution in [1.82, 2.24) is 10.0 Å². The molecule has 16 heavy (non-hydrogen) atoms. The van der Waals surface area contributed by atoms with Crippen LogP contribution in [0, 0.1) is 5.92 Å². The van der Waals surface area contributed by atoms with E-state index in [1.807, 2.05) is 0 Å². The number of nitrogens with one attached hydrogen (secondary N) is 2. The Kier molecular flexibility index (Phi) is 4.19. The Morgan fingerprint density at radius 2 is 1.81 bits per heavy atom. The molecule has 1 aliphatic heterocycles. The van der Waals surface area contributed by atoms with Crippen molar-refractivity contribution < 1.29 is 21.6 Å². The van der Waals surface area contributed by atoms with Gasteiger partial charge in [0.1, 0.15) is 6.04 Å². The standard InChI is InChI=1S/C8H15F3N2O2S/c1-16(14,15)13-7(8(9,10)11)6-2-4-12-5-3-6/h6-7,12-13H,2-5H2,1H3. The van der Waals surface area contributed by atoms with Crippen LogP contribution in [-0.4, -0.2) is 40.0 Å². The Bertz CT molecular complexity index is 323. The fourth-order valence-electron chi connectivity index (χ4n) is 1.84. The molecule has 1 unspecified atom stereocenters. The topological polar surface area (TPSA) is 58.2 Å². The molecule has 8 heteroatoms. The van der Waals surface area contributed by atoms with Crippen LogP contribution in [0.15, 0.2) is 0 Å². The quantitative estimate of drug-likeness (QED) is 0.775. The molecular formula is C8H15F3N2O2S. The number of piperidine rings is 1. The van der Waals surface area contributed by atoms with Crippen molar-refractivity contribution in [2.45, 2.75) is 25.1 Å². The molecule has 0 amide bonds. The number of alkyl halides is 3. The van der Waals surface area contributed by atoms with Gasteiger partial charge < -0.3 is 5.32 Å². The molecule has 0 aliphatic carbocycles. The Morgan fingerprint density at radius 3 is 2.19 bits per heavy atom. The number of rotatable bonds is 3. The van der Waals surface area contributed by atoms with Gasteiger partial charge in [0.15, 0.2) is 0 Å². The zero-order valence-electron chi connectivity index (χ0n) is 8.84. The summed E-state index contributed by atoms with van der Waals surface area (Å²) < 4.78 is 61.6. The summed E-state index contributed by atoms with van der Waals surface area (Å²) in [4.78, 5) is 0. The monoisotopic (exact) mass is 260 g/mol. The van der Waals surface area contributed by atoms with Gasteiger partial charge >= 0.3 is 6.18 Å². The minimum absolute atomic E-state index is 0.326. The summed E-state index contributed by atoms with van der Waals surface area (Å²) in [5.74, 6) is -0.684. The SMILES string of the molecule is CS(=O)(=O)NC(C1CCNCC1)C(F)(F)F. The maximum atomic E-state index is 12.7. The van der Waals surface area contributed by atoms with Gasteiger partial charge in [-0.25, -0.2) is 13.1 Å². The number of hydrogen-bond donors (Lipinski definition) is 2. The van der Waals surface area contributed by atoms with Gasteiger partial charge in [-0.2, -0.15) is 13.2 Å². The highest BCUT2D eigenvalue weighted by Gasteiger charge is 2.46. The summed E-state index contributed by atoms with van der Waals surface area (Å²) >= 11 is 0. The predicted molar refractivity (Wildman–Crippen MR) is 53.4 cm³/mol. The Morgan fingerprint density at radius 1 is 1.31 bits per heavy atom. The predicted octanol–water partition coefficient (Wildman–Crippen LogP) is 0.466. The molecule has 4 nitrogen and oxygen atoms in total. The van der Waals surface area contributed by atoms with E-state index in [4.69, 9.17) is 0 Å². The zero-order valence-corrected chi connectivity index (χ0v) is 9.66. The van der Waals surface area contributed by atoms with Crippen LogP contribution < -0.4 is 10.0 Å². The number of hydrogen-bond acceptors (Lipinski definition) is 3. The van der Waals surface area contributed by atoms with Crippen LogP contribution in [0.1, 0.15) is 12.8 Å². The Balaban J connectivity index is 2.78. The van der Waals surface area contributed by atoms with Gasteiger partial charge in [0, 0.05) is 0 Å². The normalized spacial score (nSPS) is 22.0. The molecule has 1 aliphatic rings. The molecule has 0 aromatic carbocycles.